The van der Waals surface area contributed by atoms with Gasteiger partial charge in [0.15, 0.2) is 0 Å². The molecule has 0 aliphatic carbocycles. The Balaban J connectivity index is 2.28. The van der Waals surface area contributed by atoms with Crippen molar-refractivity contribution >= 4 is 16.6 Å². The largest absolute Gasteiger partial charge is 0.323 e. The fourth-order valence-corrected chi connectivity index (χ4v) is 2.66. The molecule has 0 fully saturated rings. The number of aryl methyl sites for hydroxylation is 1. The van der Waals surface area contributed by atoms with Gasteiger partial charge in [-0.1, -0.05) is 61.9 Å². The van der Waals surface area contributed by atoms with Crippen LogP contribution in [0.2, 0.25) is 0 Å². The van der Waals surface area contributed by atoms with E-state index in [9.17, 15) is 0 Å². The number of nitrogens with two attached hydrogens (primary N) is 1. The molecule has 3 aromatic rings. The first-order chi connectivity index (χ1) is 10.3. The summed E-state index contributed by atoms with van der Waals surface area (Å²) in [6.45, 7) is 2.16. The second-order valence-electron chi connectivity index (χ2n) is 5.12. The van der Waals surface area contributed by atoms with Gasteiger partial charge in [-0.2, -0.15) is 0 Å². The highest BCUT2D eigenvalue weighted by atomic mass is 15.2. The second-order valence-corrected chi connectivity index (χ2v) is 5.12. The van der Waals surface area contributed by atoms with Crippen LogP contribution < -0.4 is 11.3 Å². The molecule has 1 aromatic heterocycles. The van der Waals surface area contributed by atoms with Crippen molar-refractivity contribution in [3.63, 3.8) is 0 Å². The first-order valence-corrected chi connectivity index (χ1v) is 7.28. The number of benzene rings is 2. The van der Waals surface area contributed by atoms with E-state index < -0.39 is 0 Å². The standard InChI is InChI=1S/C18H19N3/c1-2-7-14-12-17(21-19)16-11-6-10-15(18(16)20-14)13-8-4-3-5-9-13/h3-6,8-12H,2,7,19H2,1H3,(H,20,21). The lowest BCUT2D eigenvalue weighted by molar-refractivity contribution is 0.890. The van der Waals surface area contributed by atoms with Crippen molar-refractivity contribution in [1.82, 2.24) is 4.98 Å². The Kier molecular flexibility index (Phi) is 3.84. The van der Waals surface area contributed by atoms with Crippen molar-refractivity contribution in [1.29, 1.82) is 0 Å². The molecule has 106 valence electrons. The van der Waals surface area contributed by atoms with E-state index in [0.29, 0.717) is 0 Å². The molecule has 0 aliphatic heterocycles. The van der Waals surface area contributed by atoms with E-state index in [-0.39, 0.29) is 0 Å². The number of nitrogen functional groups attached to an aromatic ring is 1. The Labute approximate surface area is 124 Å². The van der Waals surface area contributed by atoms with Gasteiger partial charge in [0.1, 0.15) is 0 Å². The summed E-state index contributed by atoms with van der Waals surface area (Å²) in [5.41, 5.74) is 8.13. The van der Waals surface area contributed by atoms with Crippen LogP contribution in [-0.4, -0.2) is 4.98 Å². The van der Waals surface area contributed by atoms with Gasteiger partial charge in [-0.25, -0.2) is 0 Å². The van der Waals surface area contributed by atoms with E-state index in [0.717, 1.165) is 40.7 Å². The quantitative estimate of drug-likeness (QED) is 0.556. The molecule has 0 unspecified atom stereocenters. The Hall–Kier alpha value is -2.39. The summed E-state index contributed by atoms with van der Waals surface area (Å²) in [6.07, 6.45) is 2.02. The third kappa shape index (κ3) is 2.60. The molecule has 0 radical (unpaired) electrons. The van der Waals surface area contributed by atoms with E-state index in [2.05, 4.69) is 36.6 Å². The Bertz CT molecular complexity index is 751. The van der Waals surface area contributed by atoms with Crippen molar-refractivity contribution in [3.8, 4) is 11.1 Å². The van der Waals surface area contributed by atoms with Gasteiger partial charge in [-0.3, -0.25) is 10.8 Å². The van der Waals surface area contributed by atoms with Crippen molar-refractivity contribution in [2.24, 2.45) is 5.84 Å². The van der Waals surface area contributed by atoms with Crippen molar-refractivity contribution < 1.29 is 0 Å². The predicted molar refractivity (Wildman–Crippen MR) is 89.0 cm³/mol. The molecule has 0 saturated heterocycles. The highest BCUT2D eigenvalue weighted by molar-refractivity contribution is 6.00. The summed E-state index contributed by atoms with van der Waals surface area (Å²) in [5.74, 6) is 5.69. The van der Waals surface area contributed by atoms with E-state index in [1.165, 1.54) is 5.56 Å². The predicted octanol–water partition coefficient (Wildman–Crippen LogP) is 4.14. The maximum Gasteiger partial charge on any atom is 0.0804 e. The second kappa shape index (κ2) is 5.94. The van der Waals surface area contributed by atoms with Crippen molar-refractivity contribution in [2.75, 3.05) is 5.43 Å². The molecule has 3 N–H and O–H groups in total. The molecular weight excluding hydrogens is 258 g/mol. The summed E-state index contributed by atoms with van der Waals surface area (Å²) in [5, 5.41) is 1.05. The number of pyridine rings is 1. The molecule has 3 heteroatoms. The lowest BCUT2D eigenvalue weighted by Crippen LogP contribution is -2.08. The lowest BCUT2D eigenvalue weighted by atomic mass is 10.0. The number of nitrogens with one attached hydrogen (secondary N) is 1. The van der Waals surface area contributed by atoms with Crippen molar-refractivity contribution in [2.45, 2.75) is 19.8 Å². The average molecular weight is 277 g/mol. The Morgan fingerprint density at radius 2 is 1.86 bits per heavy atom. The Morgan fingerprint density at radius 1 is 1.05 bits per heavy atom. The molecule has 0 spiro atoms. The van der Waals surface area contributed by atoms with Crippen LogP contribution in [0.3, 0.4) is 0 Å². The zero-order valence-electron chi connectivity index (χ0n) is 12.1. The summed E-state index contributed by atoms with van der Waals surface area (Å²) < 4.78 is 0. The number of hydrazine groups is 1. The first-order valence-electron chi connectivity index (χ1n) is 7.28. The van der Waals surface area contributed by atoms with Gasteiger partial charge in [0.25, 0.3) is 0 Å². The molecule has 0 aliphatic rings. The number of hydrogen-bond acceptors (Lipinski definition) is 3. The Morgan fingerprint density at radius 3 is 2.57 bits per heavy atom. The minimum Gasteiger partial charge on any atom is -0.323 e. The third-order valence-electron chi connectivity index (χ3n) is 3.64. The first kappa shape index (κ1) is 13.6. The van der Waals surface area contributed by atoms with Gasteiger partial charge < -0.3 is 5.43 Å². The maximum absolute atomic E-state index is 5.69. The van der Waals surface area contributed by atoms with Gasteiger partial charge in [-0.15, -0.1) is 0 Å². The van der Waals surface area contributed by atoms with E-state index in [4.69, 9.17) is 10.8 Å². The summed E-state index contributed by atoms with van der Waals surface area (Å²) in [4.78, 5) is 4.85. The number of hydrogen-bond donors (Lipinski definition) is 2. The van der Waals surface area contributed by atoms with Crippen LogP contribution in [0.15, 0.2) is 54.6 Å². The lowest BCUT2D eigenvalue weighted by Gasteiger charge is -2.12. The summed E-state index contributed by atoms with van der Waals surface area (Å²) in [6, 6.07) is 18.6. The van der Waals surface area contributed by atoms with Gasteiger partial charge in [0.05, 0.1) is 11.2 Å². The normalized spacial score (nSPS) is 10.8. The molecule has 21 heavy (non-hydrogen) atoms. The monoisotopic (exact) mass is 277 g/mol. The molecule has 3 rings (SSSR count). The van der Waals surface area contributed by atoms with Crippen LogP contribution in [0.4, 0.5) is 5.69 Å². The fraction of sp³-hybridized carbons (Fsp3) is 0.167. The molecule has 1 heterocycles. The molecule has 2 aromatic carbocycles. The number of nitrogens with zero attached hydrogens (tertiary/aromatic N) is 1. The minimum absolute atomic E-state index is 0.932. The highest BCUT2D eigenvalue weighted by Gasteiger charge is 2.09. The number of anilines is 1. The van der Waals surface area contributed by atoms with Gasteiger partial charge >= 0.3 is 0 Å². The van der Waals surface area contributed by atoms with Crippen LogP contribution in [0, 0.1) is 0 Å². The molecule has 0 saturated carbocycles. The van der Waals surface area contributed by atoms with Crippen molar-refractivity contribution in [3.05, 3.63) is 60.3 Å². The molecule has 3 nitrogen and oxygen atoms in total. The molecule has 0 amide bonds. The zero-order chi connectivity index (χ0) is 14.7. The van der Waals surface area contributed by atoms with Crippen LogP contribution in [0.5, 0.6) is 0 Å². The fourth-order valence-electron chi connectivity index (χ4n) is 2.66. The summed E-state index contributed by atoms with van der Waals surface area (Å²) in [7, 11) is 0. The SMILES string of the molecule is CCCc1cc(NN)c2cccc(-c3ccccc3)c2n1. The third-order valence-corrected chi connectivity index (χ3v) is 3.64. The number of rotatable bonds is 4. The van der Waals surface area contributed by atoms with Gasteiger partial charge in [0, 0.05) is 16.6 Å². The average Bonchev–Trinajstić information content (AvgIpc) is 2.54. The van der Waals surface area contributed by atoms with Crippen LogP contribution in [0.1, 0.15) is 19.0 Å². The molecular formula is C18H19N3. The smallest absolute Gasteiger partial charge is 0.0804 e. The van der Waals surface area contributed by atoms with Crippen LogP contribution >= 0.6 is 0 Å². The zero-order valence-corrected chi connectivity index (χ0v) is 12.1. The van der Waals surface area contributed by atoms with E-state index >= 15 is 0 Å². The summed E-state index contributed by atoms with van der Waals surface area (Å²) >= 11 is 0. The number of para-hydroxylation sites is 1. The number of aromatic nitrogens is 1. The highest BCUT2D eigenvalue weighted by Crippen LogP contribution is 2.31. The maximum atomic E-state index is 5.69. The van der Waals surface area contributed by atoms with E-state index in [1.54, 1.807) is 0 Å². The topological polar surface area (TPSA) is 50.9 Å². The minimum atomic E-state index is 0.932. The van der Waals surface area contributed by atoms with E-state index in [1.807, 2.05) is 30.3 Å². The number of fused-ring (bicyclic) bond motifs is 1. The van der Waals surface area contributed by atoms with Gasteiger partial charge in [0.2, 0.25) is 0 Å². The van der Waals surface area contributed by atoms with Crippen LogP contribution in [-0.2, 0) is 6.42 Å². The molecule has 0 atom stereocenters. The van der Waals surface area contributed by atoms with Crippen LogP contribution in [0.25, 0.3) is 22.0 Å². The molecule has 0 bridgehead atoms. The van der Waals surface area contributed by atoms with Gasteiger partial charge in [-0.05, 0) is 18.1 Å².